The maximum atomic E-state index is 11.2. The van der Waals surface area contributed by atoms with Gasteiger partial charge in [0.05, 0.1) is 25.4 Å². The average molecular weight is 377 g/mol. The fraction of sp³-hybridized carbons (Fsp3) is 0.364. The van der Waals surface area contributed by atoms with Crippen LogP contribution in [0.25, 0.3) is 0 Å². The van der Waals surface area contributed by atoms with E-state index in [1.807, 2.05) is 12.1 Å². The second-order valence-electron chi connectivity index (χ2n) is 3.29. The fourth-order valence-corrected chi connectivity index (χ4v) is 1.17. The van der Waals surface area contributed by atoms with Crippen molar-refractivity contribution in [2.24, 2.45) is 4.99 Å². The molecule has 104 valence electrons. The van der Waals surface area contributed by atoms with Crippen LogP contribution in [0.3, 0.4) is 0 Å². The van der Waals surface area contributed by atoms with E-state index >= 15 is 0 Å². The van der Waals surface area contributed by atoms with Gasteiger partial charge in [-0.15, -0.1) is 24.0 Å². The first kappa shape index (κ1) is 17.2. The molecule has 8 heteroatoms. The molecule has 0 fully saturated rings. The molecule has 0 aliphatic rings. The van der Waals surface area contributed by atoms with Gasteiger partial charge in [-0.25, -0.2) is 0 Å². The Morgan fingerprint density at radius 2 is 2.26 bits per heavy atom. The van der Waals surface area contributed by atoms with Gasteiger partial charge in [-0.3, -0.25) is 9.79 Å². The van der Waals surface area contributed by atoms with Gasteiger partial charge in [0.2, 0.25) is 5.91 Å². The number of guanidine groups is 1. The lowest BCUT2D eigenvalue weighted by Gasteiger charge is -2.10. The van der Waals surface area contributed by atoms with Crippen LogP contribution in [0, 0.1) is 11.3 Å². The molecule has 0 aliphatic carbocycles. The minimum atomic E-state index is -0.266. The molecule has 3 N–H and O–H groups in total. The number of carbonyl (C=O) groups is 1. The second-order valence-corrected chi connectivity index (χ2v) is 3.29. The van der Waals surface area contributed by atoms with Crippen LogP contribution in [0.5, 0.6) is 0 Å². The normalized spacial score (nSPS) is 10.0. The Morgan fingerprint density at radius 1 is 1.47 bits per heavy atom. The van der Waals surface area contributed by atoms with Crippen molar-refractivity contribution in [3.63, 3.8) is 0 Å². The number of carbonyl (C=O) groups excluding carboxylic acids is 1. The van der Waals surface area contributed by atoms with Gasteiger partial charge >= 0.3 is 0 Å². The molecule has 0 saturated heterocycles. The van der Waals surface area contributed by atoms with Gasteiger partial charge in [-0.05, 0) is 12.1 Å². The first-order valence-electron chi connectivity index (χ1n) is 5.37. The standard InChI is InChI=1S/C11H15N5O2.HI/c1-13-11(15-7-9-3-2-6-18-9)16-8-10(17)14-5-4-12;/h2-3,6H,5,7-8H2,1H3,(H,14,17)(H2,13,15,16);1H. The molecule has 1 amide bonds. The summed E-state index contributed by atoms with van der Waals surface area (Å²) in [6.45, 7) is 0.533. The number of hydrogen-bond donors (Lipinski definition) is 3. The summed E-state index contributed by atoms with van der Waals surface area (Å²) in [6, 6.07) is 5.45. The highest BCUT2D eigenvalue weighted by atomic mass is 127. The highest BCUT2D eigenvalue weighted by Gasteiger charge is 2.03. The van der Waals surface area contributed by atoms with E-state index in [4.69, 9.17) is 9.68 Å². The second kappa shape index (κ2) is 10.2. The van der Waals surface area contributed by atoms with Crippen LogP contribution in [0.4, 0.5) is 0 Å². The maximum Gasteiger partial charge on any atom is 0.240 e. The monoisotopic (exact) mass is 377 g/mol. The summed E-state index contributed by atoms with van der Waals surface area (Å²) in [5, 5.41) is 16.5. The fourth-order valence-electron chi connectivity index (χ4n) is 1.17. The van der Waals surface area contributed by atoms with Crippen LogP contribution in [-0.2, 0) is 11.3 Å². The van der Waals surface area contributed by atoms with Crippen molar-refractivity contribution in [1.29, 1.82) is 5.26 Å². The van der Waals surface area contributed by atoms with E-state index in [1.165, 1.54) is 0 Å². The first-order valence-corrected chi connectivity index (χ1v) is 5.37. The third-order valence-electron chi connectivity index (χ3n) is 2.01. The summed E-state index contributed by atoms with van der Waals surface area (Å²) in [7, 11) is 1.60. The molecular weight excluding hydrogens is 361 g/mol. The van der Waals surface area contributed by atoms with Crippen molar-refractivity contribution in [1.82, 2.24) is 16.0 Å². The minimum absolute atomic E-state index is 0. The van der Waals surface area contributed by atoms with Crippen molar-refractivity contribution in [3.05, 3.63) is 24.2 Å². The van der Waals surface area contributed by atoms with Gasteiger partial charge in [0.25, 0.3) is 0 Å². The summed E-state index contributed by atoms with van der Waals surface area (Å²) in [5.74, 6) is 0.989. The number of furan rings is 1. The van der Waals surface area contributed by atoms with E-state index in [-0.39, 0.29) is 43.0 Å². The van der Waals surface area contributed by atoms with Crippen LogP contribution in [0.1, 0.15) is 5.76 Å². The predicted molar refractivity (Wildman–Crippen MR) is 80.9 cm³/mol. The molecule has 19 heavy (non-hydrogen) atoms. The summed E-state index contributed by atoms with van der Waals surface area (Å²) in [5.41, 5.74) is 0. The van der Waals surface area contributed by atoms with Gasteiger partial charge in [-0.1, -0.05) is 0 Å². The Bertz CT molecular complexity index is 438. The van der Waals surface area contributed by atoms with Crippen molar-refractivity contribution in [2.75, 3.05) is 20.1 Å². The molecule has 1 heterocycles. The predicted octanol–water partition coefficient (Wildman–Crippen LogP) is 0.202. The van der Waals surface area contributed by atoms with E-state index in [1.54, 1.807) is 19.4 Å². The zero-order valence-corrected chi connectivity index (χ0v) is 12.8. The van der Waals surface area contributed by atoms with Gasteiger partial charge in [0, 0.05) is 7.05 Å². The van der Waals surface area contributed by atoms with E-state index in [9.17, 15) is 4.79 Å². The van der Waals surface area contributed by atoms with E-state index in [2.05, 4.69) is 20.9 Å². The largest absolute Gasteiger partial charge is 0.467 e. The van der Waals surface area contributed by atoms with E-state index < -0.39 is 0 Å². The summed E-state index contributed by atoms with van der Waals surface area (Å²) >= 11 is 0. The average Bonchev–Trinajstić information content (AvgIpc) is 2.89. The number of amides is 1. The van der Waals surface area contributed by atoms with Gasteiger partial charge < -0.3 is 20.4 Å². The van der Waals surface area contributed by atoms with Gasteiger partial charge in [-0.2, -0.15) is 5.26 Å². The van der Waals surface area contributed by atoms with Gasteiger partial charge in [0.15, 0.2) is 5.96 Å². The molecule has 0 unspecified atom stereocenters. The van der Waals surface area contributed by atoms with Crippen LogP contribution in [0.2, 0.25) is 0 Å². The number of nitrogens with one attached hydrogen (secondary N) is 3. The van der Waals surface area contributed by atoms with Crippen LogP contribution >= 0.6 is 24.0 Å². The van der Waals surface area contributed by atoms with E-state index in [0.717, 1.165) is 5.76 Å². The lowest BCUT2D eigenvalue weighted by Crippen LogP contribution is -2.42. The molecule has 1 rings (SSSR count). The molecule has 1 aromatic rings. The van der Waals surface area contributed by atoms with Crippen LogP contribution < -0.4 is 16.0 Å². The topological polar surface area (TPSA) is 102 Å². The molecule has 0 bridgehead atoms. The SMILES string of the molecule is CN=C(NCC(=O)NCC#N)NCc1ccco1.I. The highest BCUT2D eigenvalue weighted by Crippen LogP contribution is 1.97. The smallest absolute Gasteiger partial charge is 0.240 e. The molecule has 0 radical (unpaired) electrons. The Balaban J connectivity index is 0.00000324. The van der Waals surface area contributed by atoms with Crippen molar-refractivity contribution >= 4 is 35.8 Å². The molecule has 0 aliphatic heterocycles. The number of nitriles is 1. The number of rotatable bonds is 5. The summed E-state index contributed by atoms with van der Waals surface area (Å²) < 4.78 is 5.15. The number of hydrogen-bond acceptors (Lipinski definition) is 4. The maximum absolute atomic E-state index is 11.2. The number of nitrogens with zero attached hydrogens (tertiary/aromatic N) is 2. The quantitative estimate of drug-likeness (QED) is 0.295. The van der Waals surface area contributed by atoms with Crippen molar-refractivity contribution in [2.45, 2.75) is 6.54 Å². The van der Waals surface area contributed by atoms with Crippen molar-refractivity contribution in [3.8, 4) is 6.07 Å². The molecule has 0 spiro atoms. The zero-order valence-electron chi connectivity index (χ0n) is 10.5. The number of halogens is 1. The molecule has 0 saturated carbocycles. The molecule has 0 atom stereocenters. The van der Waals surface area contributed by atoms with Crippen LogP contribution in [0.15, 0.2) is 27.8 Å². The molecule has 7 nitrogen and oxygen atoms in total. The minimum Gasteiger partial charge on any atom is -0.467 e. The zero-order chi connectivity index (χ0) is 13.2. The molecule has 0 aromatic carbocycles. The van der Waals surface area contributed by atoms with Gasteiger partial charge in [0.1, 0.15) is 12.3 Å². The first-order chi connectivity index (χ1) is 8.76. The Hall–Kier alpha value is -1.76. The summed E-state index contributed by atoms with van der Waals surface area (Å²) in [6.07, 6.45) is 1.59. The van der Waals surface area contributed by atoms with E-state index in [0.29, 0.717) is 12.5 Å². The molecule has 1 aromatic heterocycles. The lowest BCUT2D eigenvalue weighted by molar-refractivity contribution is -0.119. The Labute approximate surface area is 128 Å². The number of aliphatic imine (C=N–C) groups is 1. The Morgan fingerprint density at radius 3 is 2.84 bits per heavy atom. The van der Waals surface area contributed by atoms with Crippen molar-refractivity contribution < 1.29 is 9.21 Å². The summed E-state index contributed by atoms with van der Waals surface area (Å²) in [4.78, 5) is 15.2. The van der Waals surface area contributed by atoms with Crippen LogP contribution in [-0.4, -0.2) is 32.0 Å². The highest BCUT2D eigenvalue weighted by molar-refractivity contribution is 14.0. The Kier molecular flexibility index (Phi) is 9.25. The molecular formula is C11H16IN5O2. The third-order valence-corrected chi connectivity index (χ3v) is 2.01. The lowest BCUT2D eigenvalue weighted by atomic mass is 10.4. The third kappa shape index (κ3) is 7.30.